The van der Waals surface area contributed by atoms with Crippen molar-refractivity contribution in [3.05, 3.63) is 95.8 Å². The lowest BCUT2D eigenvalue weighted by atomic mass is 10.0. The summed E-state index contributed by atoms with van der Waals surface area (Å²) in [5.74, 6) is -0.330. The van der Waals surface area contributed by atoms with Gasteiger partial charge < -0.3 is 0 Å². The average Bonchev–Trinajstić information content (AvgIpc) is 2.79. The van der Waals surface area contributed by atoms with Crippen molar-refractivity contribution in [3.8, 4) is 17.3 Å². The molecule has 0 aliphatic heterocycles. The fourth-order valence-corrected chi connectivity index (χ4v) is 2.90. The molecule has 138 valence electrons. The van der Waals surface area contributed by atoms with E-state index in [0.717, 1.165) is 22.0 Å². The summed E-state index contributed by atoms with van der Waals surface area (Å²) >= 11 is 0. The van der Waals surface area contributed by atoms with Crippen molar-refractivity contribution in [1.82, 2.24) is 15.4 Å². The van der Waals surface area contributed by atoms with E-state index < -0.39 is 0 Å². The molecule has 1 amide bonds. The Morgan fingerprint density at radius 2 is 1.79 bits per heavy atom. The Morgan fingerprint density at radius 1 is 1.03 bits per heavy atom. The third kappa shape index (κ3) is 3.99. The van der Waals surface area contributed by atoms with Crippen LogP contribution in [-0.4, -0.2) is 22.1 Å². The van der Waals surface area contributed by atoms with Crippen LogP contribution >= 0.6 is 0 Å². The van der Waals surface area contributed by atoms with Crippen molar-refractivity contribution in [2.24, 2.45) is 5.10 Å². The van der Waals surface area contributed by atoms with Gasteiger partial charge in [0.1, 0.15) is 0 Å². The molecule has 0 aliphatic rings. The zero-order chi connectivity index (χ0) is 20.1. The molecule has 6 heteroatoms. The van der Waals surface area contributed by atoms with Gasteiger partial charge in [0.15, 0.2) is 0 Å². The van der Waals surface area contributed by atoms with Gasteiger partial charge >= 0.3 is 0 Å². The molecule has 0 saturated carbocycles. The predicted octanol–water partition coefficient (Wildman–Crippen LogP) is 3.93. The van der Waals surface area contributed by atoms with E-state index in [9.17, 15) is 4.79 Å². The summed E-state index contributed by atoms with van der Waals surface area (Å²) in [5, 5.41) is 13.6. The van der Waals surface area contributed by atoms with Crippen LogP contribution < -0.4 is 5.43 Å². The van der Waals surface area contributed by atoms with Gasteiger partial charge in [0, 0.05) is 23.3 Å². The van der Waals surface area contributed by atoms with E-state index in [-0.39, 0.29) is 5.91 Å². The summed E-state index contributed by atoms with van der Waals surface area (Å²) in [7, 11) is 0. The highest BCUT2D eigenvalue weighted by molar-refractivity contribution is 6.07. The van der Waals surface area contributed by atoms with Crippen LogP contribution in [-0.2, 0) is 0 Å². The van der Waals surface area contributed by atoms with Gasteiger partial charge in [-0.25, -0.2) is 10.4 Å². The molecule has 4 rings (SSSR count). The number of pyridine rings is 2. The maximum Gasteiger partial charge on any atom is 0.272 e. The monoisotopic (exact) mass is 377 g/mol. The van der Waals surface area contributed by atoms with E-state index in [2.05, 4.69) is 26.6 Å². The number of nitrogens with zero attached hydrogens (tertiary/aromatic N) is 4. The molecule has 0 fully saturated rings. The summed E-state index contributed by atoms with van der Waals surface area (Å²) < 4.78 is 0. The highest BCUT2D eigenvalue weighted by Gasteiger charge is 2.13. The van der Waals surface area contributed by atoms with Gasteiger partial charge in [-0.2, -0.15) is 10.4 Å². The number of rotatable bonds is 4. The fourth-order valence-electron chi connectivity index (χ4n) is 2.90. The number of nitriles is 1. The minimum atomic E-state index is -0.330. The molecule has 2 heterocycles. The SMILES string of the molecule is N#Cc1ccc(/C=N\NC(=O)c2cc(-c3ccncc3)nc3ccccc23)cc1. The van der Waals surface area contributed by atoms with Crippen LogP contribution in [0.4, 0.5) is 0 Å². The van der Waals surface area contributed by atoms with Crippen LogP contribution in [0.15, 0.2) is 84.2 Å². The van der Waals surface area contributed by atoms with Crippen molar-refractivity contribution in [2.45, 2.75) is 0 Å². The van der Waals surface area contributed by atoms with Gasteiger partial charge in [0.2, 0.25) is 0 Å². The topological polar surface area (TPSA) is 91.0 Å². The summed E-state index contributed by atoms with van der Waals surface area (Å²) in [6, 6.07) is 21.9. The number of aromatic nitrogens is 2. The molecule has 0 atom stereocenters. The Morgan fingerprint density at radius 3 is 2.55 bits per heavy atom. The molecule has 1 N–H and O–H groups in total. The van der Waals surface area contributed by atoms with Gasteiger partial charge in [-0.05, 0) is 42.0 Å². The Hall–Kier alpha value is -4.37. The number of nitrogens with one attached hydrogen (secondary N) is 1. The molecule has 2 aromatic heterocycles. The molecule has 0 spiro atoms. The number of carbonyl (C=O) groups excluding carboxylic acids is 1. The fraction of sp³-hybridized carbons (Fsp3) is 0. The maximum absolute atomic E-state index is 12.8. The quantitative estimate of drug-likeness (QED) is 0.431. The Balaban J connectivity index is 1.64. The highest BCUT2D eigenvalue weighted by atomic mass is 16.2. The first-order chi connectivity index (χ1) is 14.2. The van der Waals surface area contributed by atoms with Gasteiger partial charge in [-0.3, -0.25) is 9.78 Å². The lowest BCUT2D eigenvalue weighted by Gasteiger charge is -2.08. The van der Waals surface area contributed by atoms with Crippen molar-refractivity contribution in [2.75, 3.05) is 0 Å². The zero-order valence-electron chi connectivity index (χ0n) is 15.3. The number of amides is 1. The first-order valence-corrected chi connectivity index (χ1v) is 8.88. The highest BCUT2D eigenvalue weighted by Crippen LogP contribution is 2.24. The average molecular weight is 377 g/mol. The zero-order valence-corrected chi connectivity index (χ0v) is 15.3. The molecular formula is C23H15N5O. The minimum Gasteiger partial charge on any atom is -0.267 e. The van der Waals surface area contributed by atoms with Crippen molar-refractivity contribution in [3.63, 3.8) is 0 Å². The normalized spacial score (nSPS) is 10.7. The molecule has 29 heavy (non-hydrogen) atoms. The minimum absolute atomic E-state index is 0.330. The molecule has 0 unspecified atom stereocenters. The lowest BCUT2D eigenvalue weighted by molar-refractivity contribution is 0.0956. The van der Waals surface area contributed by atoms with E-state index in [0.29, 0.717) is 16.8 Å². The molecule has 0 saturated heterocycles. The van der Waals surface area contributed by atoms with E-state index >= 15 is 0 Å². The Bertz CT molecular complexity index is 1240. The Labute approximate surface area is 167 Å². The second-order valence-electron chi connectivity index (χ2n) is 6.24. The summed E-state index contributed by atoms with van der Waals surface area (Å²) in [6.07, 6.45) is 4.91. The van der Waals surface area contributed by atoms with Crippen LogP contribution in [0, 0.1) is 11.3 Å². The first-order valence-electron chi connectivity index (χ1n) is 8.88. The molecule has 0 radical (unpaired) electrons. The lowest BCUT2D eigenvalue weighted by Crippen LogP contribution is -2.18. The summed E-state index contributed by atoms with van der Waals surface area (Å²) in [6.45, 7) is 0. The Kier molecular flexibility index (Phi) is 5.04. The number of para-hydroxylation sites is 1. The van der Waals surface area contributed by atoms with Crippen LogP contribution in [0.3, 0.4) is 0 Å². The number of hydrazone groups is 1. The van der Waals surface area contributed by atoms with Crippen LogP contribution in [0.5, 0.6) is 0 Å². The van der Waals surface area contributed by atoms with E-state index in [1.165, 1.54) is 6.21 Å². The number of fused-ring (bicyclic) bond motifs is 1. The number of hydrogen-bond donors (Lipinski definition) is 1. The smallest absolute Gasteiger partial charge is 0.267 e. The first kappa shape index (κ1) is 18.0. The van der Waals surface area contributed by atoms with Gasteiger partial charge in [-0.1, -0.05) is 30.3 Å². The number of hydrogen-bond acceptors (Lipinski definition) is 5. The summed E-state index contributed by atoms with van der Waals surface area (Å²) in [4.78, 5) is 21.5. The van der Waals surface area contributed by atoms with E-state index in [1.54, 1.807) is 42.7 Å². The van der Waals surface area contributed by atoms with Crippen molar-refractivity contribution >= 4 is 23.0 Å². The van der Waals surface area contributed by atoms with Crippen molar-refractivity contribution in [1.29, 1.82) is 5.26 Å². The number of carbonyl (C=O) groups is 1. The predicted molar refractivity (Wildman–Crippen MR) is 111 cm³/mol. The third-order valence-electron chi connectivity index (χ3n) is 4.36. The second kappa shape index (κ2) is 8.11. The molecule has 0 bridgehead atoms. The van der Waals surface area contributed by atoms with Gasteiger partial charge in [-0.15, -0.1) is 0 Å². The molecule has 0 aliphatic carbocycles. The summed E-state index contributed by atoms with van der Waals surface area (Å²) in [5.41, 5.74) is 6.69. The molecular weight excluding hydrogens is 362 g/mol. The standard InChI is InChI=1S/C23H15N5O/c24-14-16-5-7-17(8-6-16)15-26-28-23(29)20-13-22(18-9-11-25-12-10-18)27-21-4-2-1-3-19(20)21/h1-13,15H,(H,28,29)/b26-15-. The second-order valence-corrected chi connectivity index (χ2v) is 6.24. The molecule has 2 aromatic carbocycles. The van der Waals surface area contributed by atoms with Gasteiger partial charge in [0.25, 0.3) is 5.91 Å². The van der Waals surface area contributed by atoms with Crippen molar-refractivity contribution < 1.29 is 4.79 Å². The molecule has 6 nitrogen and oxygen atoms in total. The van der Waals surface area contributed by atoms with Crippen LogP contribution in [0.2, 0.25) is 0 Å². The molecule has 4 aromatic rings. The van der Waals surface area contributed by atoms with E-state index in [1.807, 2.05) is 36.4 Å². The number of benzene rings is 2. The largest absolute Gasteiger partial charge is 0.272 e. The van der Waals surface area contributed by atoms with E-state index in [4.69, 9.17) is 5.26 Å². The van der Waals surface area contributed by atoms with Crippen LogP contribution in [0.25, 0.3) is 22.2 Å². The maximum atomic E-state index is 12.8. The van der Waals surface area contributed by atoms with Gasteiger partial charge in [0.05, 0.1) is 34.6 Å². The third-order valence-corrected chi connectivity index (χ3v) is 4.36. The van der Waals surface area contributed by atoms with Crippen LogP contribution in [0.1, 0.15) is 21.5 Å².